The second-order valence-corrected chi connectivity index (χ2v) is 4.66. The summed E-state index contributed by atoms with van der Waals surface area (Å²) in [5.74, 6) is 0. The third-order valence-electron chi connectivity index (χ3n) is 3.54. The second kappa shape index (κ2) is 4.60. The highest BCUT2D eigenvalue weighted by atomic mass is 16.5. The summed E-state index contributed by atoms with van der Waals surface area (Å²) >= 11 is 0. The number of rotatable bonds is 2. The maximum absolute atomic E-state index is 6.00. The zero-order valence-electron chi connectivity index (χ0n) is 9.00. The standard InChI is InChI=1S/C11H22N2O/c12-6-7-13-8-9-14-11(10-13)4-2-1-3-5-11/h1-10,12H2. The van der Waals surface area contributed by atoms with Gasteiger partial charge in [-0.15, -0.1) is 0 Å². The van der Waals surface area contributed by atoms with Gasteiger partial charge in [0.1, 0.15) is 0 Å². The van der Waals surface area contributed by atoms with Gasteiger partial charge in [0.25, 0.3) is 0 Å². The Bertz CT molecular complexity index is 171. The average Bonchev–Trinajstić information content (AvgIpc) is 2.19. The van der Waals surface area contributed by atoms with Crippen molar-refractivity contribution in [2.45, 2.75) is 37.7 Å². The highest BCUT2D eigenvalue weighted by Gasteiger charge is 2.37. The number of nitrogens with two attached hydrogens (primary N) is 1. The predicted molar refractivity (Wildman–Crippen MR) is 57.3 cm³/mol. The van der Waals surface area contributed by atoms with Crippen LogP contribution in [0.4, 0.5) is 0 Å². The van der Waals surface area contributed by atoms with Gasteiger partial charge in [0.15, 0.2) is 0 Å². The summed E-state index contributed by atoms with van der Waals surface area (Å²) < 4.78 is 6.00. The van der Waals surface area contributed by atoms with E-state index < -0.39 is 0 Å². The number of hydrogen-bond donors (Lipinski definition) is 1. The predicted octanol–water partition coefficient (Wildman–Crippen LogP) is 0.980. The summed E-state index contributed by atoms with van der Waals surface area (Å²) in [6.07, 6.45) is 6.59. The maximum Gasteiger partial charge on any atom is 0.0809 e. The lowest BCUT2D eigenvalue weighted by atomic mass is 9.83. The van der Waals surface area contributed by atoms with Gasteiger partial charge in [0.2, 0.25) is 0 Å². The highest BCUT2D eigenvalue weighted by molar-refractivity contribution is 4.90. The monoisotopic (exact) mass is 198 g/mol. The summed E-state index contributed by atoms with van der Waals surface area (Å²) in [5.41, 5.74) is 5.79. The van der Waals surface area contributed by atoms with Crippen molar-refractivity contribution in [2.24, 2.45) is 5.73 Å². The molecule has 0 aromatic carbocycles. The molecule has 2 fully saturated rings. The van der Waals surface area contributed by atoms with Crippen LogP contribution in [0.15, 0.2) is 0 Å². The van der Waals surface area contributed by atoms with Crippen molar-refractivity contribution in [1.82, 2.24) is 4.90 Å². The fourth-order valence-electron chi connectivity index (χ4n) is 2.80. The van der Waals surface area contributed by atoms with E-state index in [1.165, 1.54) is 32.1 Å². The summed E-state index contributed by atoms with van der Waals surface area (Å²) in [5, 5.41) is 0. The SMILES string of the molecule is NCCN1CCOC2(CCCCC2)C1. The highest BCUT2D eigenvalue weighted by Crippen LogP contribution is 2.34. The van der Waals surface area contributed by atoms with Gasteiger partial charge in [0.05, 0.1) is 12.2 Å². The first-order valence-corrected chi connectivity index (χ1v) is 5.91. The van der Waals surface area contributed by atoms with Crippen molar-refractivity contribution >= 4 is 0 Å². The van der Waals surface area contributed by atoms with E-state index >= 15 is 0 Å². The van der Waals surface area contributed by atoms with E-state index in [-0.39, 0.29) is 5.60 Å². The molecule has 1 saturated heterocycles. The average molecular weight is 198 g/mol. The van der Waals surface area contributed by atoms with E-state index in [0.717, 1.165) is 32.8 Å². The molecule has 14 heavy (non-hydrogen) atoms. The molecule has 0 radical (unpaired) electrons. The van der Waals surface area contributed by atoms with E-state index in [0.29, 0.717) is 0 Å². The van der Waals surface area contributed by atoms with Crippen molar-refractivity contribution in [1.29, 1.82) is 0 Å². The van der Waals surface area contributed by atoms with Gasteiger partial charge in [-0.05, 0) is 12.8 Å². The molecule has 0 bridgehead atoms. The van der Waals surface area contributed by atoms with Crippen LogP contribution in [0.1, 0.15) is 32.1 Å². The third-order valence-corrected chi connectivity index (χ3v) is 3.54. The molecule has 1 aliphatic heterocycles. The summed E-state index contributed by atoms with van der Waals surface area (Å²) in [6, 6.07) is 0. The molecule has 1 saturated carbocycles. The van der Waals surface area contributed by atoms with Crippen molar-refractivity contribution in [2.75, 3.05) is 32.8 Å². The molecule has 2 rings (SSSR count). The molecule has 82 valence electrons. The van der Waals surface area contributed by atoms with Gasteiger partial charge in [-0.25, -0.2) is 0 Å². The number of nitrogens with zero attached hydrogens (tertiary/aromatic N) is 1. The topological polar surface area (TPSA) is 38.5 Å². The van der Waals surface area contributed by atoms with Crippen LogP contribution in [0, 0.1) is 0 Å². The smallest absolute Gasteiger partial charge is 0.0809 e. The van der Waals surface area contributed by atoms with Crippen molar-refractivity contribution < 1.29 is 4.74 Å². The van der Waals surface area contributed by atoms with Crippen LogP contribution < -0.4 is 5.73 Å². The Hall–Kier alpha value is -0.120. The van der Waals surface area contributed by atoms with Gasteiger partial charge in [0, 0.05) is 26.2 Å². The minimum Gasteiger partial charge on any atom is -0.372 e. The fourth-order valence-corrected chi connectivity index (χ4v) is 2.80. The lowest BCUT2D eigenvalue weighted by Gasteiger charge is -2.45. The van der Waals surface area contributed by atoms with Crippen molar-refractivity contribution in [3.05, 3.63) is 0 Å². The largest absolute Gasteiger partial charge is 0.372 e. The zero-order valence-corrected chi connectivity index (χ0v) is 9.00. The van der Waals surface area contributed by atoms with E-state index in [2.05, 4.69) is 4.90 Å². The fraction of sp³-hybridized carbons (Fsp3) is 1.00. The quantitative estimate of drug-likeness (QED) is 0.719. The molecular formula is C11H22N2O. The summed E-state index contributed by atoms with van der Waals surface area (Å²) in [4.78, 5) is 2.47. The van der Waals surface area contributed by atoms with Crippen molar-refractivity contribution in [3.63, 3.8) is 0 Å². The molecular weight excluding hydrogens is 176 g/mol. The van der Waals surface area contributed by atoms with Crippen LogP contribution in [0.5, 0.6) is 0 Å². The van der Waals surface area contributed by atoms with Crippen LogP contribution in [0.2, 0.25) is 0 Å². The van der Waals surface area contributed by atoms with Crippen LogP contribution >= 0.6 is 0 Å². The van der Waals surface area contributed by atoms with Gasteiger partial charge < -0.3 is 10.5 Å². The molecule has 1 heterocycles. The molecule has 1 aliphatic carbocycles. The van der Waals surface area contributed by atoms with Crippen LogP contribution in [-0.4, -0.2) is 43.3 Å². The molecule has 0 atom stereocenters. The zero-order chi connectivity index (χ0) is 9.86. The van der Waals surface area contributed by atoms with Crippen molar-refractivity contribution in [3.8, 4) is 0 Å². The van der Waals surface area contributed by atoms with Gasteiger partial charge in [-0.2, -0.15) is 0 Å². The Kier molecular flexibility index (Phi) is 3.42. The third kappa shape index (κ3) is 2.27. The second-order valence-electron chi connectivity index (χ2n) is 4.66. The molecule has 3 nitrogen and oxygen atoms in total. The molecule has 0 unspecified atom stereocenters. The Balaban J connectivity index is 1.91. The number of morpholine rings is 1. The summed E-state index contributed by atoms with van der Waals surface area (Å²) in [7, 11) is 0. The van der Waals surface area contributed by atoms with Crippen LogP contribution in [0.25, 0.3) is 0 Å². The lowest BCUT2D eigenvalue weighted by Crippen LogP contribution is -2.53. The van der Waals surface area contributed by atoms with Crippen LogP contribution in [-0.2, 0) is 4.74 Å². The first-order chi connectivity index (χ1) is 6.85. The first kappa shape index (κ1) is 10.4. The Morgan fingerprint density at radius 2 is 2.00 bits per heavy atom. The molecule has 1 spiro atoms. The number of hydrogen-bond acceptors (Lipinski definition) is 3. The molecule has 0 aromatic heterocycles. The normalized spacial score (nSPS) is 28.1. The minimum atomic E-state index is 0.200. The summed E-state index contributed by atoms with van der Waals surface area (Å²) in [6.45, 7) is 4.89. The van der Waals surface area contributed by atoms with E-state index in [1.54, 1.807) is 0 Å². The van der Waals surface area contributed by atoms with Gasteiger partial charge >= 0.3 is 0 Å². The van der Waals surface area contributed by atoms with Gasteiger partial charge in [-0.3, -0.25) is 4.90 Å². The Morgan fingerprint density at radius 3 is 2.71 bits per heavy atom. The Morgan fingerprint density at radius 1 is 1.21 bits per heavy atom. The molecule has 2 N–H and O–H groups in total. The lowest BCUT2D eigenvalue weighted by molar-refractivity contribution is -0.126. The van der Waals surface area contributed by atoms with E-state index in [4.69, 9.17) is 10.5 Å². The molecule has 0 aromatic rings. The minimum absolute atomic E-state index is 0.200. The van der Waals surface area contributed by atoms with E-state index in [1.807, 2.05) is 0 Å². The van der Waals surface area contributed by atoms with Gasteiger partial charge in [-0.1, -0.05) is 19.3 Å². The first-order valence-electron chi connectivity index (χ1n) is 5.91. The van der Waals surface area contributed by atoms with Crippen LogP contribution in [0.3, 0.4) is 0 Å². The number of ether oxygens (including phenoxy) is 1. The Labute approximate surface area is 86.6 Å². The maximum atomic E-state index is 6.00. The molecule has 2 aliphatic rings. The van der Waals surface area contributed by atoms with E-state index in [9.17, 15) is 0 Å². The molecule has 0 amide bonds. The molecule has 3 heteroatoms.